The summed E-state index contributed by atoms with van der Waals surface area (Å²) in [5.41, 5.74) is 3.85. The second-order valence-corrected chi connectivity index (χ2v) is 25.8. The molecule has 4 heterocycles. The number of piperidine rings is 1. The molecular weight excluding hydrogens is 805 g/mol. The van der Waals surface area contributed by atoms with E-state index >= 15 is 8.78 Å². The molecule has 3 atom stereocenters. The normalized spacial score (nSPS) is 22.7. The van der Waals surface area contributed by atoms with Crippen LogP contribution in [0.3, 0.4) is 0 Å². The molecule has 0 spiro atoms. The summed E-state index contributed by atoms with van der Waals surface area (Å²) in [6, 6.07) is 6.95. The maximum Gasteiger partial charge on any atom is 0.319 e. The van der Waals surface area contributed by atoms with Crippen LogP contribution in [0.25, 0.3) is 32.9 Å². The van der Waals surface area contributed by atoms with Crippen LogP contribution in [0.15, 0.2) is 30.5 Å². The van der Waals surface area contributed by atoms with Gasteiger partial charge in [-0.05, 0) is 100 Å². The molecule has 0 unspecified atom stereocenters. The van der Waals surface area contributed by atoms with E-state index in [1.54, 1.807) is 31.3 Å². The molecule has 0 amide bonds. The first-order valence-corrected chi connectivity index (χ1v) is 24.8. The number of aliphatic hydroxyl groups is 1. The van der Waals surface area contributed by atoms with Crippen LogP contribution >= 0.6 is 0 Å². The van der Waals surface area contributed by atoms with Crippen LogP contribution in [0.2, 0.25) is 16.6 Å². The molecular formula is C49H67F2N5O5Si. The maximum absolute atomic E-state index is 17.8. The zero-order chi connectivity index (χ0) is 44.8. The van der Waals surface area contributed by atoms with Gasteiger partial charge in [-0.2, -0.15) is 9.97 Å². The van der Waals surface area contributed by atoms with Crippen molar-refractivity contribution in [2.75, 3.05) is 58.3 Å². The molecule has 1 saturated carbocycles. The van der Waals surface area contributed by atoms with Crippen LogP contribution in [-0.2, 0) is 9.47 Å². The lowest BCUT2D eigenvalue weighted by molar-refractivity contribution is -0.0436. The first-order chi connectivity index (χ1) is 29.3. The lowest BCUT2D eigenvalue weighted by Gasteiger charge is -2.51. The Morgan fingerprint density at radius 3 is 2.42 bits per heavy atom. The van der Waals surface area contributed by atoms with E-state index in [4.69, 9.17) is 33.9 Å². The Bertz CT molecular complexity index is 2320. The van der Waals surface area contributed by atoms with Crippen LogP contribution in [0.4, 0.5) is 14.6 Å². The number of likely N-dealkylation sites (tertiary alicyclic amines) is 1. The van der Waals surface area contributed by atoms with Crippen molar-refractivity contribution in [3.05, 3.63) is 47.7 Å². The summed E-state index contributed by atoms with van der Waals surface area (Å²) in [7, 11) is -0.777. The molecule has 4 aromatic rings. The summed E-state index contributed by atoms with van der Waals surface area (Å²) in [5.74, 6) is 2.94. The van der Waals surface area contributed by atoms with Crippen LogP contribution in [0, 0.1) is 28.5 Å². The van der Waals surface area contributed by atoms with Crippen molar-refractivity contribution in [3.8, 4) is 34.5 Å². The van der Waals surface area contributed by atoms with E-state index in [-0.39, 0.29) is 53.7 Å². The summed E-state index contributed by atoms with van der Waals surface area (Å²) in [5, 5.41) is 12.7. The molecule has 0 radical (unpaired) electrons. The zero-order valence-corrected chi connectivity index (χ0v) is 39.8. The number of benzene rings is 2. The Labute approximate surface area is 368 Å². The molecule has 62 heavy (non-hydrogen) atoms. The highest BCUT2D eigenvalue weighted by atomic mass is 28.3. The van der Waals surface area contributed by atoms with Crippen molar-refractivity contribution in [1.29, 1.82) is 0 Å². The molecule has 1 aliphatic carbocycles. The number of rotatable bonds is 11. The third-order valence-corrected chi connectivity index (χ3v) is 20.3. The first kappa shape index (κ1) is 46.1. The van der Waals surface area contributed by atoms with E-state index in [1.807, 2.05) is 4.90 Å². The lowest BCUT2D eigenvalue weighted by Crippen LogP contribution is -2.58. The summed E-state index contributed by atoms with van der Waals surface area (Å²) < 4.78 is 57.8. The van der Waals surface area contributed by atoms with E-state index in [1.165, 1.54) is 13.2 Å². The van der Waals surface area contributed by atoms with Gasteiger partial charge < -0.3 is 29.0 Å². The Morgan fingerprint density at radius 2 is 1.73 bits per heavy atom. The molecule has 1 N–H and O–H groups in total. The van der Waals surface area contributed by atoms with Crippen LogP contribution < -0.4 is 14.4 Å². The number of hydrogen-bond donors (Lipinski definition) is 1. The van der Waals surface area contributed by atoms with Crippen molar-refractivity contribution in [2.24, 2.45) is 5.41 Å². The Hall–Kier alpha value is -3.93. The summed E-state index contributed by atoms with van der Waals surface area (Å²) >= 11 is 0. The van der Waals surface area contributed by atoms with Gasteiger partial charge in [-0.15, -0.1) is 5.54 Å². The van der Waals surface area contributed by atoms with Gasteiger partial charge in [-0.25, -0.2) is 8.78 Å². The van der Waals surface area contributed by atoms with Crippen molar-refractivity contribution >= 4 is 35.6 Å². The molecule has 3 fully saturated rings. The number of fused-ring (bicyclic) bond motifs is 3. The number of halogens is 2. The van der Waals surface area contributed by atoms with Gasteiger partial charge in [0.25, 0.3) is 0 Å². The number of β-amino-alcohol motifs (C(OH)–C–C–N with tert-alkyl or cyclic N) is 1. The van der Waals surface area contributed by atoms with Crippen molar-refractivity contribution < 1.29 is 32.8 Å². The van der Waals surface area contributed by atoms with Crippen molar-refractivity contribution in [3.63, 3.8) is 0 Å². The minimum atomic E-state index is -2.30. The standard InChI is InChI=1S/C49H67F2N5O5Si/c1-31(2)62(32(3)4,33(5)6)23-17-36-39(50)16-15-34-24-35(61-30-58-11)25-37(41(34)36)43-42(51)44-38(26-52-43)45(55-21-22-59-28-48(10,57)27-55)54-46(53-44)60-29-49-18-12-14-40(49)56(20-13-19-49)47(7,8)9/h15-16,24-26,31-33,40,57H,12-14,18-22,27-30H2,1-11H3/t40-,48+,49-/m1/s1. The largest absolute Gasteiger partial charge is 0.468 e. The third kappa shape index (κ3) is 8.79. The first-order valence-electron chi connectivity index (χ1n) is 22.5. The Morgan fingerprint density at radius 1 is 1.00 bits per heavy atom. The fourth-order valence-electron chi connectivity index (χ4n) is 11.1. The van der Waals surface area contributed by atoms with Gasteiger partial charge in [0.15, 0.2) is 12.6 Å². The third-order valence-electron chi connectivity index (χ3n) is 14.0. The number of anilines is 1. The number of nitrogens with zero attached hydrogens (tertiary/aromatic N) is 5. The number of hydrogen-bond acceptors (Lipinski definition) is 10. The second-order valence-electron chi connectivity index (χ2n) is 20.2. The van der Waals surface area contributed by atoms with E-state index in [0.29, 0.717) is 75.7 Å². The summed E-state index contributed by atoms with van der Waals surface area (Å²) in [6.07, 6.45) is 6.91. The van der Waals surface area contributed by atoms with Gasteiger partial charge in [0.05, 0.1) is 37.3 Å². The predicted octanol–water partition coefficient (Wildman–Crippen LogP) is 10.1. The van der Waals surface area contributed by atoms with E-state index in [9.17, 15) is 5.11 Å². The summed E-state index contributed by atoms with van der Waals surface area (Å²) in [4.78, 5) is 19.1. The molecule has 2 saturated heterocycles. The number of pyridine rings is 1. The van der Waals surface area contributed by atoms with Crippen LogP contribution in [-0.4, -0.2) is 104 Å². The van der Waals surface area contributed by atoms with Gasteiger partial charge in [0.1, 0.15) is 42.3 Å². The smallest absolute Gasteiger partial charge is 0.319 e. The molecule has 3 aliphatic rings. The Balaban J connectivity index is 1.43. The van der Waals surface area contributed by atoms with Crippen LogP contribution in [0.5, 0.6) is 11.8 Å². The highest BCUT2D eigenvalue weighted by Crippen LogP contribution is 2.50. The average Bonchev–Trinajstić information content (AvgIpc) is 3.56. The zero-order valence-electron chi connectivity index (χ0n) is 38.8. The molecule has 7 rings (SSSR count). The molecule has 2 aliphatic heterocycles. The second kappa shape index (κ2) is 17.9. The van der Waals surface area contributed by atoms with Gasteiger partial charge in [0.2, 0.25) is 0 Å². The molecule has 10 nitrogen and oxygen atoms in total. The molecule has 0 bridgehead atoms. The van der Waals surface area contributed by atoms with Crippen molar-refractivity contribution in [2.45, 2.75) is 135 Å². The molecule has 13 heteroatoms. The van der Waals surface area contributed by atoms with Gasteiger partial charge >= 0.3 is 6.01 Å². The summed E-state index contributed by atoms with van der Waals surface area (Å²) in [6.45, 7) is 24.3. The van der Waals surface area contributed by atoms with Crippen molar-refractivity contribution in [1.82, 2.24) is 19.9 Å². The topological polar surface area (TPSA) is 102 Å². The number of methoxy groups -OCH3 is 1. The Kier molecular flexibility index (Phi) is 13.3. The highest BCUT2D eigenvalue weighted by molar-refractivity contribution is 6.90. The van der Waals surface area contributed by atoms with Gasteiger partial charge in [0, 0.05) is 47.8 Å². The monoisotopic (exact) mass is 871 g/mol. The quantitative estimate of drug-likeness (QED) is 0.0891. The minimum Gasteiger partial charge on any atom is -0.468 e. The van der Waals surface area contributed by atoms with Gasteiger partial charge in [-0.1, -0.05) is 60.0 Å². The lowest BCUT2D eigenvalue weighted by atomic mass is 9.74. The van der Waals surface area contributed by atoms with Crippen LogP contribution in [0.1, 0.15) is 107 Å². The predicted molar refractivity (Wildman–Crippen MR) is 246 cm³/mol. The van der Waals surface area contributed by atoms with E-state index in [2.05, 4.69) is 78.7 Å². The fraction of sp³-hybridized carbons (Fsp3) is 0.612. The fourth-order valence-corrected chi connectivity index (χ4v) is 16.3. The highest BCUT2D eigenvalue weighted by Gasteiger charge is 2.51. The molecule has 2 aromatic carbocycles. The number of aromatic nitrogens is 3. The maximum atomic E-state index is 17.8. The minimum absolute atomic E-state index is 0.00601. The van der Waals surface area contributed by atoms with E-state index in [0.717, 1.165) is 38.6 Å². The van der Waals surface area contributed by atoms with Gasteiger partial charge in [-0.3, -0.25) is 9.88 Å². The average molecular weight is 872 g/mol. The van der Waals surface area contributed by atoms with E-state index < -0.39 is 25.3 Å². The molecule has 2 aromatic heterocycles. The SMILES string of the molecule is COCOc1cc(-c2ncc3c(N4CCOC[C@@](C)(O)C4)nc(OC[C@]45CCC[C@H]4N(C(C)(C)C)CCC5)nc3c2F)c2c(C#C[Si](C(C)C)(C(C)C)C(C)C)c(F)ccc2c1. The molecule has 336 valence electrons. The number of ether oxygens (including phenoxy) is 4.